The number of hydrogen-bond donors (Lipinski definition) is 1. The lowest BCUT2D eigenvalue weighted by Crippen LogP contribution is -2.40. The van der Waals surface area contributed by atoms with Crippen LogP contribution in [0.3, 0.4) is 0 Å². The number of carbonyl (C=O) groups is 2. The van der Waals surface area contributed by atoms with Gasteiger partial charge in [0.2, 0.25) is 0 Å². The molecule has 0 bridgehead atoms. The number of benzene rings is 1. The number of halogens is 3. The van der Waals surface area contributed by atoms with Gasteiger partial charge >= 0.3 is 12.1 Å². The second kappa shape index (κ2) is 6.40. The van der Waals surface area contributed by atoms with Crippen LogP contribution in [0.5, 0.6) is 0 Å². The lowest BCUT2D eigenvalue weighted by Gasteiger charge is -2.15. The van der Waals surface area contributed by atoms with Crippen LogP contribution >= 0.6 is 0 Å². The first-order chi connectivity index (χ1) is 9.27. The Kier molecular flexibility index (Phi) is 5.12. The summed E-state index contributed by atoms with van der Waals surface area (Å²) in [6, 6.07) is 3.34. The molecule has 0 aliphatic heterocycles. The van der Waals surface area contributed by atoms with Crippen molar-refractivity contribution < 1.29 is 27.5 Å². The molecular weight excluding hydrogens is 275 g/mol. The zero-order chi connectivity index (χ0) is 15.3. The maximum Gasteiger partial charge on any atom is 0.417 e. The van der Waals surface area contributed by atoms with Crippen LogP contribution in [-0.2, 0) is 15.7 Å². The quantitative estimate of drug-likeness (QED) is 0.866. The Balaban J connectivity index is 2.91. The summed E-state index contributed by atoms with van der Waals surface area (Å²) in [6.07, 6.45) is -4.64. The van der Waals surface area contributed by atoms with Gasteiger partial charge in [0.05, 0.1) is 17.7 Å². The number of rotatable bonds is 4. The minimum absolute atomic E-state index is 0.123. The highest BCUT2D eigenvalue weighted by Gasteiger charge is 2.35. The normalized spacial score (nSPS) is 12.7. The van der Waals surface area contributed by atoms with Crippen LogP contribution in [0.15, 0.2) is 24.3 Å². The van der Waals surface area contributed by atoms with Crippen molar-refractivity contribution in [3.05, 3.63) is 35.4 Å². The van der Waals surface area contributed by atoms with Crippen molar-refractivity contribution in [2.75, 3.05) is 6.61 Å². The summed E-state index contributed by atoms with van der Waals surface area (Å²) in [6.45, 7) is 3.05. The van der Waals surface area contributed by atoms with Gasteiger partial charge in [0, 0.05) is 0 Å². The third-order valence-corrected chi connectivity index (χ3v) is 2.46. The van der Waals surface area contributed by atoms with E-state index in [1.165, 1.54) is 19.1 Å². The largest absolute Gasteiger partial charge is 0.464 e. The number of esters is 1. The molecule has 1 rings (SSSR count). The van der Waals surface area contributed by atoms with Crippen molar-refractivity contribution in [3.63, 3.8) is 0 Å². The van der Waals surface area contributed by atoms with Gasteiger partial charge < -0.3 is 10.1 Å². The van der Waals surface area contributed by atoms with Crippen LogP contribution in [0.4, 0.5) is 13.2 Å². The van der Waals surface area contributed by atoms with E-state index in [-0.39, 0.29) is 6.61 Å². The van der Waals surface area contributed by atoms with E-state index < -0.39 is 35.2 Å². The van der Waals surface area contributed by atoms with E-state index in [1.807, 2.05) is 0 Å². The molecule has 1 amide bonds. The SMILES string of the molecule is CCOC(=O)C(C)NC(=O)c1ccccc1C(F)(F)F. The summed E-state index contributed by atoms with van der Waals surface area (Å²) < 4.78 is 42.9. The number of hydrogen-bond acceptors (Lipinski definition) is 3. The molecule has 4 nitrogen and oxygen atoms in total. The molecule has 0 aliphatic rings. The summed E-state index contributed by atoms with van der Waals surface area (Å²) in [7, 11) is 0. The van der Waals surface area contributed by atoms with Crippen LogP contribution in [0, 0.1) is 0 Å². The highest BCUT2D eigenvalue weighted by atomic mass is 19.4. The van der Waals surface area contributed by atoms with Gasteiger partial charge in [-0.05, 0) is 26.0 Å². The molecule has 0 saturated heterocycles. The zero-order valence-corrected chi connectivity index (χ0v) is 11.0. The van der Waals surface area contributed by atoms with Gasteiger partial charge in [0.25, 0.3) is 5.91 Å². The van der Waals surface area contributed by atoms with Crippen molar-refractivity contribution in [2.24, 2.45) is 0 Å². The maximum atomic E-state index is 12.8. The molecule has 7 heteroatoms. The highest BCUT2D eigenvalue weighted by Crippen LogP contribution is 2.31. The third-order valence-electron chi connectivity index (χ3n) is 2.46. The van der Waals surface area contributed by atoms with Gasteiger partial charge in [0.15, 0.2) is 0 Å². The molecule has 1 aromatic rings. The number of carbonyl (C=O) groups excluding carboxylic acids is 2. The van der Waals surface area contributed by atoms with E-state index in [4.69, 9.17) is 0 Å². The summed E-state index contributed by atoms with van der Waals surface area (Å²) in [5.74, 6) is -1.68. The Morgan fingerprint density at radius 3 is 2.45 bits per heavy atom. The minimum Gasteiger partial charge on any atom is -0.464 e. The van der Waals surface area contributed by atoms with Crippen molar-refractivity contribution in [3.8, 4) is 0 Å². The lowest BCUT2D eigenvalue weighted by atomic mass is 10.1. The second-order valence-electron chi connectivity index (χ2n) is 3.99. The molecule has 0 aliphatic carbocycles. The number of nitrogens with one attached hydrogen (secondary N) is 1. The zero-order valence-electron chi connectivity index (χ0n) is 11.0. The first-order valence-corrected chi connectivity index (χ1v) is 5.91. The minimum atomic E-state index is -4.64. The molecule has 20 heavy (non-hydrogen) atoms. The average Bonchev–Trinajstić information content (AvgIpc) is 2.37. The van der Waals surface area contributed by atoms with Gasteiger partial charge in [-0.1, -0.05) is 12.1 Å². The van der Waals surface area contributed by atoms with Crippen LogP contribution in [0.2, 0.25) is 0 Å². The predicted octanol–water partition coefficient (Wildman–Crippen LogP) is 2.39. The number of ether oxygens (including phenoxy) is 1. The first kappa shape index (κ1) is 16.0. The average molecular weight is 289 g/mol. The van der Waals surface area contributed by atoms with E-state index in [0.717, 1.165) is 12.1 Å². The molecule has 1 unspecified atom stereocenters. The third kappa shape index (κ3) is 3.97. The van der Waals surface area contributed by atoms with Gasteiger partial charge in [-0.3, -0.25) is 4.79 Å². The topological polar surface area (TPSA) is 55.4 Å². The van der Waals surface area contributed by atoms with Crippen LogP contribution in [-0.4, -0.2) is 24.5 Å². The molecule has 0 heterocycles. The molecule has 0 saturated carbocycles. The Bertz CT molecular complexity index is 500. The summed E-state index contributed by atoms with van der Waals surface area (Å²) in [5.41, 5.74) is -1.58. The summed E-state index contributed by atoms with van der Waals surface area (Å²) >= 11 is 0. The standard InChI is InChI=1S/C13H14F3NO3/c1-3-20-12(19)8(2)17-11(18)9-6-4-5-7-10(9)13(14,15)16/h4-8H,3H2,1-2H3,(H,17,18). The Labute approximate surface area is 113 Å². The van der Waals surface area contributed by atoms with Crippen molar-refractivity contribution in [1.29, 1.82) is 0 Å². The second-order valence-corrected chi connectivity index (χ2v) is 3.99. The molecule has 110 valence electrons. The Morgan fingerprint density at radius 2 is 1.90 bits per heavy atom. The fraction of sp³-hybridized carbons (Fsp3) is 0.385. The molecule has 1 atom stereocenters. The molecule has 1 aromatic carbocycles. The van der Waals surface area contributed by atoms with Crippen molar-refractivity contribution >= 4 is 11.9 Å². The Hall–Kier alpha value is -2.05. The molecule has 0 radical (unpaired) electrons. The van der Waals surface area contributed by atoms with E-state index in [1.54, 1.807) is 6.92 Å². The van der Waals surface area contributed by atoms with E-state index in [0.29, 0.717) is 0 Å². The first-order valence-electron chi connectivity index (χ1n) is 5.91. The molecule has 1 N–H and O–H groups in total. The van der Waals surface area contributed by atoms with Gasteiger partial charge in [-0.2, -0.15) is 13.2 Å². The van der Waals surface area contributed by atoms with Crippen molar-refractivity contribution in [2.45, 2.75) is 26.1 Å². The van der Waals surface area contributed by atoms with E-state index in [2.05, 4.69) is 10.1 Å². The Morgan fingerprint density at radius 1 is 1.30 bits per heavy atom. The number of amides is 1. The summed E-state index contributed by atoms with van der Waals surface area (Å²) in [5, 5.41) is 2.18. The monoisotopic (exact) mass is 289 g/mol. The van der Waals surface area contributed by atoms with Gasteiger partial charge in [0.1, 0.15) is 6.04 Å². The van der Waals surface area contributed by atoms with E-state index >= 15 is 0 Å². The summed E-state index contributed by atoms with van der Waals surface area (Å²) in [4.78, 5) is 23.1. The molecule has 0 aromatic heterocycles. The fourth-order valence-corrected chi connectivity index (χ4v) is 1.53. The van der Waals surface area contributed by atoms with E-state index in [9.17, 15) is 22.8 Å². The van der Waals surface area contributed by atoms with Gasteiger partial charge in [-0.15, -0.1) is 0 Å². The van der Waals surface area contributed by atoms with Crippen LogP contribution in [0.25, 0.3) is 0 Å². The molecule has 0 spiro atoms. The number of alkyl halides is 3. The van der Waals surface area contributed by atoms with Crippen LogP contribution < -0.4 is 5.32 Å². The fourth-order valence-electron chi connectivity index (χ4n) is 1.53. The highest BCUT2D eigenvalue weighted by molar-refractivity contribution is 5.98. The van der Waals surface area contributed by atoms with Crippen molar-refractivity contribution in [1.82, 2.24) is 5.32 Å². The molecule has 0 fully saturated rings. The lowest BCUT2D eigenvalue weighted by molar-refractivity contribution is -0.144. The predicted molar refractivity (Wildman–Crippen MR) is 65.0 cm³/mol. The van der Waals surface area contributed by atoms with Gasteiger partial charge in [-0.25, -0.2) is 4.79 Å². The molecular formula is C13H14F3NO3. The maximum absolute atomic E-state index is 12.8. The smallest absolute Gasteiger partial charge is 0.417 e. The van der Waals surface area contributed by atoms with Crippen LogP contribution in [0.1, 0.15) is 29.8 Å².